The van der Waals surface area contributed by atoms with E-state index in [-0.39, 0.29) is 23.6 Å². The summed E-state index contributed by atoms with van der Waals surface area (Å²) in [4.78, 5) is 4.62. The maximum atomic E-state index is 13.3. The number of sulfone groups is 1. The largest absolute Gasteiger partial charge is 0.289 e. The third-order valence-corrected chi connectivity index (χ3v) is 9.41. The molecule has 2 atom stereocenters. The fourth-order valence-corrected chi connectivity index (χ4v) is 7.93. The number of rotatable bonds is 10. The summed E-state index contributed by atoms with van der Waals surface area (Å²) in [7, 11) is -3.26. The first-order chi connectivity index (χ1) is 18.8. The van der Waals surface area contributed by atoms with Gasteiger partial charge in [-0.3, -0.25) is 9.80 Å². The van der Waals surface area contributed by atoms with E-state index in [9.17, 15) is 8.42 Å². The molecule has 0 unspecified atom stereocenters. The van der Waals surface area contributed by atoms with Crippen LogP contribution in [0.5, 0.6) is 0 Å². The Labute approximate surface area is 241 Å². The van der Waals surface area contributed by atoms with E-state index in [0.29, 0.717) is 36.2 Å². The second-order valence-electron chi connectivity index (χ2n) is 10.3. The molecule has 0 bridgehead atoms. The van der Waals surface area contributed by atoms with E-state index >= 15 is 0 Å². The number of hydrogen-bond acceptors (Lipinski definition) is 4. The maximum absolute atomic E-state index is 13.3. The zero-order chi connectivity index (χ0) is 27.2. The quantitative estimate of drug-likeness (QED) is 0.206. The highest BCUT2D eigenvalue weighted by Gasteiger charge is 2.44. The molecule has 7 heteroatoms. The van der Waals surface area contributed by atoms with E-state index in [0.717, 1.165) is 22.3 Å². The average Bonchev–Trinajstić information content (AvgIpc) is 3.24. The summed E-state index contributed by atoms with van der Waals surface area (Å²) in [6.07, 6.45) is 0. The lowest BCUT2D eigenvalue weighted by Crippen LogP contribution is -2.50. The fourth-order valence-electron chi connectivity index (χ4n) is 5.46. The van der Waals surface area contributed by atoms with Crippen molar-refractivity contribution in [2.45, 2.75) is 38.3 Å². The van der Waals surface area contributed by atoms with Crippen LogP contribution in [-0.4, -0.2) is 41.8 Å². The standard InChI is InChI=1S/C32H32Cl2N2O2S/c33-29-15-7-13-27(17-29)21-35(19-25-9-3-1-4-10-25)31-23-39(37,38)24-32(31)36(20-26-11-5-2-6-12-26)22-28-14-8-16-30(34)18-28/h1-18,31-32H,19-24H2/t31-,32-/m1/s1. The van der Waals surface area contributed by atoms with E-state index in [1.807, 2.05) is 72.8 Å². The Morgan fingerprint density at radius 3 is 1.28 bits per heavy atom. The minimum Gasteiger partial charge on any atom is -0.289 e. The fraction of sp³-hybridized carbons (Fsp3) is 0.250. The highest BCUT2D eigenvalue weighted by Crippen LogP contribution is 2.29. The van der Waals surface area contributed by atoms with Crippen molar-refractivity contribution in [2.24, 2.45) is 0 Å². The van der Waals surface area contributed by atoms with E-state index in [1.165, 1.54) is 0 Å². The molecule has 1 saturated heterocycles. The third kappa shape index (κ3) is 7.71. The van der Waals surface area contributed by atoms with E-state index in [2.05, 4.69) is 46.2 Å². The summed E-state index contributed by atoms with van der Waals surface area (Å²) >= 11 is 12.7. The molecule has 4 aromatic carbocycles. The summed E-state index contributed by atoms with van der Waals surface area (Å²) in [5.74, 6) is 0.234. The van der Waals surface area contributed by atoms with Gasteiger partial charge in [-0.25, -0.2) is 8.42 Å². The molecule has 4 nitrogen and oxygen atoms in total. The molecule has 202 valence electrons. The molecule has 4 aromatic rings. The Kier molecular flexibility index (Phi) is 9.06. The molecule has 0 aliphatic carbocycles. The van der Waals surface area contributed by atoms with E-state index < -0.39 is 9.84 Å². The Morgan fingerprint density at radius 2 is 0.897 bits per heavy atom. The SMILES string of the molecule is O=S1(=O)C[C@@H](N(Cc2ccccc2)Cc2cccc(Cl)c2)[C@H](N(Cc2ccccc2)Cc2cccc(Cl)c2)C1. The van der Waals surface area contributed by atoms with Crippen molar-refractivity contribution in [1.29, 1.82) is 0 Å². The van der Waals surface area contributed by atoms with Gasteiger partial charge in [0.2, 0.25) is 0 Å². The average molecular weight is 580 g/mol. The summed E-state index contributed by atoms with van der Waals surface area (Å²) in [5.41, 5.74) is 4.41. The molecular formula is C32H32Cl2N2O2S. The van der Waals surface area contributed by atoms with E-state index in [4.69, 9.17) is 23.2 Å². The molecule has 1 fully saturated rings. The van der Waals surface area contributed by atoms with Gasteiger partial charge in [0.25, 0.3) is 0 Å². The molecule has 0 radical (unpaired) electrons. The van der Waals surface area contributed by atoms with Gasteiger partial charge in [0.15, 0.2) is 9.84 Å². The maximum Gasteiger partial charge on any atom is 0.153 e. The minimum atomic E-state index is -3.26. The predicted octanol–water partition coefficient (Wildman–Crippen LogP) is 6.86. The highest BCUT2D eigenvalue weighted by molar-refractivity contribution is 7.91. The molecule has 0 spiro atoms. The van der Waals surface area contributed by atoms with Crippen molar-refractivity contribution in [3.05, 3.63) is 141 Å². The summed E-state index contributed by atoms with van der Waals surface area (Å²) in [6.45, 7) is 2.48. The lowest BCUT2D eigenvalue weighted by atomic mass is 10.0. The van der Waals surface area contributed by atoms with Crippen LogP contribution in [0.2, 0.25) is 10.0 Å². The Balaban J connectivity index is 1.52. The zero-order valence-corrected chi connectivity index (χ0v) is 24.0. The molecule has 0 saturated carbocycles. The molecule has 39 heavy (non-hydrogen) atoms. The van der Waals surface area contributed by atoms with Crippen LogP contribution in [0.3, 0.4) is 0 Å². The topological polar surface area (TPSA) is 40.6 Å². The van der Waals surface area contributed by atoms with Crippen LogP contribution in [0.15, 0.2) is 109 Å². The van der Waals surface area contributed by atoms with Gasteiger partial charge >= 0.3 is 0 Å². The molecule has 0 amide bonds. The Hall–Kier alpha value is -2.67. The normalized spacial score (nSPS) is 18.6. The van der Waals surface area contributed by atoms with Gasteiger partial charge in [-0.2, -0.15) is 0 Å². The summed E-state index contributed by atoms with van der Waals surface area (Å²) in [5, 5.41) is 1.35. The first-order valence-electron chi connectivity index (χ1n) is 13.1. The van der Waals surface area contributed by atoms with Gasteiger partial charge in [-0.05, 0) is 46.5 Å². The van der Waals surface area contributed by atoms with Crippen LogP contribution >= 0.6 is 23.2 Å². The second-order valence-corrected chi connectivity index (χ2v) is 13.3. The van der Waals surface area contributed by atoms with Gasteiger partial charge in [0.1, 0.15) is 0 Å². The summed E-state index contributed by atoms with van der Waals surface area (Å²) in [6, 6.07) is 35.7. The highest BCUT2D eigenvalue weighted by atomic mass is 35.5. The van der Waals surface area contributed by atoms with Crippen molar-refractivity contribution in [3.63, 3.8) is 0 Å². The molecular weight excluding hydrogens is 547 g/mol. The van der Waals surface area contributed by atoms with Crippen molar-refractivity contribution in [3.8, 4) is 0 Å². The first kappa shape index (κ1) is 27.9. The number of benzene rings is 4. The molecule has 0 aromatic heterocycles. The number of hydrogen-bond donors (Lipinski definition) is 0. The Morgan fingerprint density at radius 1 is 0.538 bits per heavy atom. The third-order valence-electron chi connectivity index (χ3n) is 7.24. The van der Waals surface area contributed by atoms with Gasteiger partial charge < -0.3 is 0 Å². The molecule has 0 N–H and O–H groups in total. The van der Waals surface area contributed by atoms with Crippen LogP contribution in [-0.2, 0) is 36.0 Å². The second kappa shape index (κ2) is 12.7. The lowest BCUT2D eigenvalue weighted by molar-refractivity contribution is 0.0863. The van der Waals surface area contributed by atoms with E-state index in [1.54, 1.807) is 0 Å². The molecule has 1 aliphatic rings. The van der Waals surface area contributed by atoms with Crippen LogP contribution < -0.4 is 0 Å². The molecule has 1 aliphatic heterocycles. The smallest absolute Gasteiger partial charge is 0.153 e. The van der Waals surface area contributed by atoms with Crippen LogP contribution in [0.1, 0.15) is 22.3 Å². The monoisotopic (exact) mass is 578 g/mol. The van der Waals surface area contributed by atoms with Crippen LogP contribution in [0.25, 0.3) is 0 Å². The Bertz CT molecular complexity index is 1380. The zero-order valence-electron chi connectivity index (χ0n) is 21.7. The van der Waals surface area contributed by atoms with Gasteiger partial charge in [0.05, 0.1) is 11.5 Å². The number of nitrogens with zero attached hydrogens (tertiary/aromatic N) is 2. The van der Waals surface area contributed by atoms with Crippen molar-refractivity contribution >= 4 is 33.0 Å². The lowest BCUT2D eigenvalue weighted by Gasteiger charge is -2.38. The summed E-state index contributed by atoms with van der Waals surface area (Å²) < 4.78 is 26.6. The minimum absolute atomic E-state index is 0.117. The van der Waals surface area contributed by atoms with Crippen LogP contribution in [0, 0.1) is 0 Å². The van der Waals surface area contributed by atoms with Gasteiger partial charge in [-0.15, -0.1) is 0 Å². The van der Waals surface area contributed by atoms with Crippen molar-refractivity contribution in [2.75, 3.05) is 11.5 Å². The van der Waals surface area contributed by atoms with Crippen molar-refractivity contribution < 1.29 is 8.42 Å². The van der Waals surface area contributed by atoms with Gasteiger partial charge in [0, 0.05) is 48.3 Å². The van der Waals surface area contributed by atoms with Gasteiger partial charge in [-0.1, -0.05) is 108 Å². The first-order valence-corrected chi connectivity index (χ1v) is 15.7. The van der Waals surface area contributed by atoms with Crippen LogP contribution in [0.4, 0.5) is 0 Å². The predicted molar refractivity (Wildman–Crippen MR) is 161 cm³/mol. The number of halogens is 2. The molecule has 5 rings (SSSR count). The van der Waals surface area contributed by atoms with Crippen molar-refractivity contribution in [1.82, 2.24) is 9.80 Å². The molecule has 1 heterocycles.